The zero-order chi connectivity index (χ0) is 15.0. The van der Waals surface area contributed by atoms with E-state index in [9.17, 15) is 0 Å². The molecule has 0 bridgehead atoms. The van der Waals surface area contributed by atoms with Crippen molar-refractivity contribution < 1.29 is 17.1 Å². The molecule has 0 aliphatic rings. The molecule has 0 aliphatic carbocycles. The van der Waals surface area contributed by atoms with Gasteiger partial charge in [0, 0.05) is 6.54 Å². The summed E-state index contributed by atoms with van der Waals surface area (Å²) < 4.78 is 0. The van der Waals surface area contributed by atoms with Crippen molar-refractivity contribution in [3.05, 3.63) is 59.2 Å². The minimum atomic E-state index is 0. The van der Waals surface area contributed by atoms with Crippen molar-refractivity contribution in [3.63, 3.8) is 0 Å². The maximum absolute atomic E-state index is 2.28. The molecule has 0 radical (unpaired) electrons. The maximum atomic E-state index is 2.28. The summed E-state index contributed by atoms with van der Waals surface area (Å²) in [5.41, 5.74) is 4.50. The Morgan fingerprint density at radius 2 is 1.57 bits per heavy atom. The summed E-state index contributed by atoms with van der Waals surface area (Å²) in [4.78, 5) is 4.47. The third-order valence-corrected chi connectivity index (χ3v) is 3.16. The van der Waals surface area contributed by atoms with E-state index in [1.807, 2.05) is 30.3 Å². The summed E-state index contributed by atoms with van der Waals surface area (Å²) in [6.45, 7) is 4.33. The second-order valence-electron chi connectivity index (χ2n) is 5.65. The number of rotatable bonds is 5. The molecule has 0 saturated carbocycles. The first-order valence-corrected chi connectivity index (χ1v) is 7.27. The van der Waals surface area contributed by atoms with Crippen LogP contribution in [0.3, 0.4) is 0 Å². The Labute approximate surface area is 141 Å². The van der Waals surface area contributed by atoms with Crippen molar-refractivity contribution >= 4 is 0 Å². The van der Waals surface area contributed by atoms with E-state index in [1.54, 1.807) is 0 Å². The molecule has 118 valence electrons. The van der Waals surface area contributed by atoms with Gasteiger partial charge in [-0.25, -0.2) is 18.2 Å². The molecule has 3 heteroatoms. The van der Waals surface area contributed by atoms with Crippen molar-refractivity contribution in [1.82, 2.24) is 9.80 Å². The van der Waals surface area contributed by atoms with Gasteiger partial charge >= 0.3 is 17.1 Å². The molecule has 2 rings (SSSR count). The van der Waals surface area contributed by atoms with Gasteiger partial charge in [-0.1, -0.05) is 13.3 Å². The van der Waals surface area contributed by atoms with Gasteiger partial charge in [-0.15, -0.1) is 5.56 Å². The zero-order valence-corrected chi connectivity index (χ0v) is 15.0. The Hall–Kier alpha value is -0.861. The summed E-state index contributed by atoms with van der Waals surface area (Å²) in [7, 11) is 8.51. The van der Waals surface area contributed by atoms with E-state index < -0.39 is 0 Å². The minimum Gasteiger partial charge on any atom is -0.317 e. The Bertz CT molecular complexity index is 438. The minimum absolute atomic E-state index is 0. The molecule has 2 nitrogen and oxygen atoms in total. The Kier molecular flexibility index (Phi) is 10.4. The third kappa shape index (κ3) is 7.63. The van der Waals surface area contributed by atoms with Gasteiger partial charge in [-0.2, -0.15) is 35.4 Å². The molecular weight excluding hydrogens is 300 g/mol. The topological polar surface area (TPSA) is 6.48 Å². The van der Waals surface area contributed by atoms with Crippen LogP contribution in [-0.4, -0.2) is 38.0 Å². The van der Waals surface area contributed by atoms with Gasteiger partial charge in [0.25, 0.3) is 0 Å². The van der Waals surface area contributed by atoms with Crippen molar-refractivity contribution in [2.24, 2.45) is 0 Å². The molecule has 2 aromatic rings. The van der Waals surface area contributed by atoms with Crippen molar-refractivity contribution in [2.45, 2.75) is 26.4 Å². The third-order valence-electron chi connectivity index (χ3n) is 3.16. The Balaban J connectivity index is 0.000000562. The van der Waals surface area contributed by atoms with Crippen LogP contribution in [-0.2, 0) is 36.6 Å². The van der Waals surface area contributed by atoms with Crippen molar-refractivity contribution in [3.8, 4) is 0 Å². The molecule has 0 aromatic heterocycles. The van der Waals surface area contributed by atoms with E-state index >= 15 is 0 Å². The molecule has 0 atom stereocenters. The number of hydrogen-bond acceptors (Lipinski definition) is 2. The predicted octanol–water partition coefficient (Wildman–Crippen LogP) is 3.49. The van der Waals surface area contributed by atoms with E-state index in [2.05, 4.69) is 57.0 Å². The number of hydrogen-bond donors (Lipinski definition) is 0. The molecule has 0 heterocycles. The molecule has 0 fully saturated rings. The molecule has 0 N–H and O–H groups in total. The predicted molar refractivity (Wildman–Crippen MR) is 88.2 cm³/mol. The first-order valence-electron chi connectivity index (χ1n) is 7.27. The van der Waals surface area contributed by atoms with Gasteiger partial charge < -0.3 is 9.80 Å². The number of aryl methyl sites for hydroxylation is 1. The maximum Gasteiger partial charge on any atom is 2.00 e. The van der Waals surface area contributed by atoms with Crippen LogP contribution >= 0.6 is 0 Å². The van der Waals surface area contributed by atoms with Crippen LogP contribution in [0.15, 0.2) is 42.5 Å². The average molecular weight is 328 g/mol. The van der Waals surface area contributed by atoms with E-state index in [1.165, 1.54) is 16.7 Å². The molecule has 0 aliphatic heterocycles. The van der Waals surface area contributed by atoms with E-state index in [4.69, 9.17) is 0 Å². The molecule has 0 unspecified atom stereocenters. The van der Waals surface area contributed by atoms with Gasteiger partial charge in [0.1, 0.15) is 0 Å². The summed E-state index contributed by atoms with van der Waals surface area (Å²) >= 11 is 0. The number of nitrogens with zero attached hydrogens (tertiary/aromatic N) is 2. The molecular formula is C18H28FeN2. The van der Waals surface area contributed by atoms with Crippen molar-refractivity contribution in [2.75, 3.05) is 28.2 Å². The zero-order valence-electron chi connectivity index (χ0n) is 13.9. The fraction of sp³-hybridized carbons (Fsp3) is 0.444. The van der Waals surface area contributed by atoms with Crippen LogP contribution in [0.1, 0.15) is 23.6 Å². The summed E-state index contributed by atoms with van der Waals surface area (Å²) in [5.74, 6) is 0. The van der Waals surface area contributed by atoms with Gasteiger partial charge in [0.15, 0.2) is 0 Å². The largest absolute Gasteiger partial charge is 2.00 e. The van der Waals surface area contributed by atoms with Crippen LogP contribution in [0.2, 0.25) is 0 Å². The first-order chi connectivity index (χ1) is 9.54. The molecule has 2 aromatic carbocycles. The summed E-state index contributed by atoms with van der Waals surface area (Å²) in [5, 5.41) is 0. The normalized spacial score (nSPS) is 10.2. The molecule has 0 spiro atoms. The van der Waals surface area contributed by atoms with Crippen LogP contribution in [0.25, 0.3) is 0 Å². The average Bonchev–Trinajstić information content (AvgIpc) is 3.02. The van der Waals surface area contributed by atoms with Gasteiger partial charge in [-0.05, 0) is 34.7 Å². The quantitative estimate of drug-likeness (QED) is 0.612. The SMILES string of the molecule is CC[c-]1ccc(CN(C)C)c1CN(C)C.[Fe+2].c1cc[cH-]c1. The van der Waals surface area contributed by atoms with Gasteiger partial charge in [0.2, 0.25) is 0 Å². The van der Waals surface area contributed by atoms with Crippen molar-refractivity contribution in [1.29, 1.82) is 0 Å². The van der Waals surface area contributed by atoms with E-state index in [-0.39, 0.29) is 17.1 Å². The van der Waals surface area contributed by atoms with E-state index in [0.29, 0.717) is 0 Å². The van der Waals surface area contributed by atoms with Gasteiger partial charge in [0.05, 0.1) is 0 Å². The first kappa shape index (κ1) is 20.1. The standard InChI is InChI=1S/C13H23N2.C5H5.Fe/c1-6-11-7-8-12(9-14(2)3)13(11)10-15(4)5;1-2-4-5-3-1;/h7-8H,6,9-10H2,1-5H3;1-5H;/q2*-1;+2. The fourth-order valence-electron chi connectivity index (χ4n) is 2.27. The van der Waals surface area contributed by atoms with Crippen LogP contribution in [0, 0.1) is 0 Å². The second-order valence-corrected chi connectivity index (χ2v) is 5.65. The van der Waals surface area contributed by atoms with Crippen LogP contribution < -0.4 is 0 Å². The molecule has 0 amide bonds. The monoisotopic (exact) mass is 328 g/mol. The summed E-state index contributed by atoms with van der Waals surface area (Å²) in [6.07, 6.45) is 1.14. The van der Waals surface area contributed by atoms with Gasteiger partial charge in [-0.3, -0.25) is 0 Å². The van der Waals surface area contributed by atoms with E-state index in [0.717, 1.165) is 19.5 Å². The smallest absolute Gasteiger partial charge is 0.317 e. The Morgan fingerprint density at radius 1 is 1.00 bits per heavy atom. The second kappa shape index (κ2) is 10.8. The summed E-state index contributed by atoms with van der Waals surface area (Å²) in [6, 6.07) is 14.6. The van der Waals surface area contributed by atoms with Crippen LogP contribution in [0.4, 0.5) is 0 Å². The fourth-order valence-corrected chi connectivity index (χ4v) is 2.27. The van der Waals surface area contributed by atoms with Crippen LogP contribution in [0.5, 0.6) is 0 Å². The molecule has 0 saturated heterocycles. The Morgan fingerprint density at radius 3 is 1.95 bits per heavy atom. The molecule has 21 heavy (non-hydrogen) atoms.